The Labute approximate surface area is 170 Å². The lowest BCUT2D eigenvalue weighted by Crippen LogP contribution is -2.30. The highest BCUT2D eigenvalue weighted by molar-refractivity contribution is 5.92. The summed E-state index contributed by atoms with van der Waals surface area (Å²) in [5.74, 6) is -0.0273. The number of carbonyl (C=O) groups excluding carboxylic acids is 2. The molecule has 1 aliphatic heterocycles. The number of carbonyl (C=O) groups is 2. The molecule has 0 saturated heterocycles. The van der Waals surface area contributed by atoms with Crippen molar-refractivity contribution >= 4 is 23.3 Å². The molecule has 2 N–H and O–H groups in total. The molecular formula is C24H23N3O2. The first-order valence-corrected chi connectivity index (χ1v) is 9.74. The van der Waals surface area contributed by atoms with Gasteiger partial charge in [0.1, 0.15) is 0 Å². The highest BCUT2D eigenvalue weighted by Gasteiger charge is 2.22. The highest BCUT2D eigenvalue weighted by atomic mass is 16.2. The van der Waals surface area contributed by atoms with Gasteiger partial charge in [0.15, 0.2) is 0 Å². The van der Waals surface area contributed by atoms with Crippen molar-refractivity contribution in [3.63, 3.8) is 0 Å². The van der Waals surface area contributed by atoms with Crippen LogP contribution in [0.2, 0.25) is 0 Å². The van der Waals surface area contributed by atoms with E-state index in [2.05, 4.69) is 22.8 Å². The molecule has 0 unspecified atom stereocenters. The van der Waals surface area contributed by atoms with Crippen molar-refractivity contribution in [1.82, 2.24) is 4.90 Å². The monoisotopic (exact) mass is 385 g/mol. The van der Waals surface area contributed by atoms with E-state index in [0.29, 0.717) is 31.6 Å². The zero-order chi connectivity index (χ0) is 20.1. The fourth-order valence-corrected chi connectivity index (χ4v) is 3.44. The number of aryl methyl sites for hydroxylation is 1. The second kappa shape index (κ2) is 8.61. The molecule has 5 heteroatoms. The Balaban J connectivity index is 1.27. The van der Waals surface area contributed by atoms with Gasteiger partial charge in [-0.25, -0.2) is 4.79 Å². The fourth-order valence-electron chi connectivity index (χ4n) is 3.44. The Bertz CT molecular complexity index is 975. The van der Waals surface area contributed by atoms with Crippen LogP contribution in [0.4, 0.5) is 16.2 Å². The Morgan fingerprint density at radius 3 is 1.90 bits per heavy atom. The number of amides is 3. The molecule has 3 amide bonds. The van der Waals surface area contributed by atoms with E-state index in [-0.39, 0.29) is 11.9 Å². The lowest BCUT2D eigenvalue weighted by molar-refractivity contribution is -0.116. The summed E-state index contributed by atoms with van der Waals surface area (Å²) in [5.41, 5.74) is 4.94. The van der Waals surface area contributed by atoms with Crippen molar-refractivity contribution in [2.24, 2.45) is 0 Å². The van der Waals surface area contributed by atoms with E-state index in [9.17, 15) is 9.59 Å². The number of anilines is 2. The van der Waals surface area contributed by atoms with E-state index < -0.39 is 0 Å². The van der Waals surface area contributed by atoms with Crippen LogP contribution in [-0.2, 0) is 24.3 Å². The average molecular weight is 385 g/mol. The third kappa shape index (κ3) is 4.82. The highest BCUT2D eigenvalue weighted by Crippen LogP contribution is 2.23. The average Bonchev–Trinajstić information content (AvgIpc) is 3.19. The molecule has 0 radical (unpaired) electrons. The van der Waals surface area contributed by atoms with Crippen molar-refractivity contribution < 1.29 is 9.59 Å². The van der Waals surface area contributed by atoms with Gasteiger partial charge in [-0.15, -0.1) is 0 Å². The molecule has 4 rings (SSSR count). The molecule has 1 aliphatic rings. The molecule has 0 aliphatic carbocycles. The van der Waals surface area contributed by atoms with Crippen LogP contribution in [-0.4, -0.2) is 16.8 Å². The topological polar surface area (TPSA) is 61.4 Å². The molecule has 5 nitrogen and oxygen atoms in total. The van der Waals surface area contributed by atoms with E-state index in [4.69, 9.17) is 0 Å². The molecule has 0 spiro atoms. The summed E-state index contributed by atoms with van der Waals surface area (Å²) in [6, 6.07) is 25.1. The summed E-state index contributed by atoms with van der Waals surface area (Å²) in [4.78, 5) is 26.4. The summed E-state index contributed by atoms with van der Waals surface area (Å²) in [6.07, 6.45) is 1.14. The fraction of sp³-hybridized carbons (Fsp3) is 0.167. The summed E-state index contributed by atoms with van der Waals surface area (Å²) in [6.45, 7) is 1.25. The van der Waals surface area contributed by atoms with Crippen molar-refractivity contribution in [1.29, 1.82) is 0 Å². The van der Waals surface area contributed by atoms with Gasteiger partial charge in [-0.2, -0.15) is 0 Å². The number of rotatable bonds is 5. The Hall–Kier alpha value is -3.60. The molecule has 0 saturated carbocycles. The van der Waals surface area contributed by atoms with Crippen LogP contribution in [0.3, 0.4) is 0 Å². The number of urea groups is 1. The first kappa shape index (κ1) is 18.7. The van der Waals surface area contributed by atoms with Crippen molar-refractivity contribution in [2.45, 2.75) is 25.9 Å². The van der Waals surface area contributed by atoms with E-state index in [1.165, 1.54) is 11.1 Å². The smallest absolute Gasteiger partial charge is 0.322 e. The number of fused-ring (bicyclic) bond motifs is 1. The van der Waals surface area contributed by atoms with Crippen LogP contribution < -0.4 is 10.6 Å². The standard InChI is InChI=1S/C24H23N3O2/c28-23(15-10-18-6-2-1-3-7-18)25-21-11-13-22(14-12-21)26-24(29)27-16-19-8-4-5-9-20(19)17-27/h1-9,11-14H,10,15-17H2,(H,25,28)(H,26,29). The maximum Gasteiger partial charge on any atom is 0.322 e. The SMILES string of the molecule is O=C(CCc1ccccc1)Nc1ccc(NC(=O)N2Cc3ccccc3C2)cc1. The van der Waals surface area contributed by atoms with E-state index >= 15 is 0 Å². The van der Waals surface area contributed by atoms with Gasteiger partial charge < -0.3 is 15.5 Å². The zero-order valence-electron chi connectivity index (χ0n) is 16.1. The van der Waals surface area contributed by atoms with Gasteiger partial charge in [0.25, 0.3) is 0 Å². The number of hydrogen-bond acceptors (Lipinski definition) is 2. The number of nitrogens with one attached hydrogen (secondary N) is 2. The lowest BCUT2D eigenvalue weighted by atomic mass is 10.1. The van der Waals surface area contributed by atoms with Gasteiger partial charge in [-0.1, -0.05) is 54.6 Å². The molecule has 146 valence electrons. The van der Waals surface area contributed by atoms with Crippen LogP contribution in [0.15, 0.2) is 78.9 Å². The molecule has 0 aromatic heterocycles. The second-order valence-corrected chi connectivity index (χ2v) is 7.17. The molecule has 3 aromatic rings. The van der Waals surface area contributed by atoms with Crippen molar-refractivity contribution in [3.05, 3.63) is 95.6 Å². The molecule has 1 heterocycles. The first-order valence-electron chi connectivity index (χ1n) is 9.74. The largest absolute Gasteiger partial charge is 0.326 e. The van der Waals surface area contributed by atoms with Crippen LogP contribution >= 0.6 is 0 Å². The number of hydrogen-bond donors (Lipinski definition) is 2. The van der Waals surface area contributed by atoms with Crippen LogP contribution in [0.25, 0.3) is 0 Å². The molecular weight excluding hydrogens is 362 g/mol. The first-order chi connectivity index (χ1) is 14.2. The van der Waals surface area contributed by atoms with Gasteiger partial charge in [0.05, 0.1) is 0 Å². The number of nitrogens with zero attached hydrogens (tertiary/aromatic N) is 1. The summed E-state index contributed by atoms with van der Waals surface area (Å²) >= 11 is 0. The molecule has 0 fully saturated rings. The van der Waals surface area contributed by atoms with Gasteiger partial charge in [-0.05, 0) is 47.4 Å². The third-order valence-electron chi connectivity index (χ3n) is 5.03. The quantitative estimate of drug-likeness (QED) is 0.662. The van der Waals surface area contributed by atoms with E-state index in [1.807, 2.05) is 42.5 Å². The third-order valence-corrected chi connectivity index (χ3v) is 5.03. The predicted molar refractivity (Wildman–Crippen MR) is 115 cm³/mol. The van der Waals surface area contributed by atoms with E-state index in [1.54, 1.807) is 29.2 Å². The Morgan fingerprint density at radius 2 is 1.28 bits per heavy atom. The zero-order valence-corrected chi connectivity index (χ0v) is 16.1. The van der Waals surface area contributed by atoms with Gasteiger partial charge in [0.2, 0.25) is 5.91 Å². The second-order valence-electron chi connectivity index (χ2n) is 7.17. The van der Waals surface area contributed by atoms with Crippen molar-refractivity contribution in [2.75, 3.05) is 10.6 Å². The molecule has 29 heavy (non-hydrogen) atoms. The van der Waals surface area contributed by atoms with Crippen LogP contribution in [0.1, 0.15) is 23.1 Å². The maximum atomic E-state index is 12.5. The molecule has 0 atom stereocenters. The van der Waals surface area contributed by atoms with Crippen LogP contribution in [0.5, 0.6) is 0 Å². The minimum absolute atomic E-state index is 0.0273. The molecule has 0 bridgehead atoms. The van der Waals surface area contributed by atoms with Gasteiger partial charge in [-0.3, -0.25) is 4.79 Å². The van der Waals surface area contributed by atoms with Crippen molar-refractivity contribution in [3.8, 4) is 0 Å². The summed E-state index contributed by atoms with van der Waals surface area (Å²) in [7, 11) is 0. The predicted octanol–water partition coefficient (Wildman–Crippen LogP) is 4.81. The van der Waals surface area contributed by atoms with E-state index in [0.717, 1.165) is 11.3 Å². The number of benzene rings is 3. The normalized spacial score (nSPS) is 12.3. The van der Waals surface area contributed by atoms with Gasteiger partial charge in [0, 0.05) is 30.9 Å². The minimum atomic E-state index is -0.124. The maximum absolute atomic E-state index is 12.5. The molecule has 3 aromatic carbocycles. The summed E-state index contributed by atoms with van der Waals surface area (Å²) in [5, 5.41) is 5.82. The minimum Gasteiger partial charge on any atom is -0.326 e. The lowest BCUT2D eigenvalue weighted by Gasteiger charge is -2.16. The Morgan fingerprint density at radius 1 is 0.724 bits per heavy atom. The van der Waals surface area contributed by atoms with Gasteiger partial charge >= 0.3 is 6.03 Å². The van der Waals surface area contributed by atoms with Crippen LogP contribution in [0, 0.1) is 0 Å². The Kier molecular flexibility index (Phi) is 5.56. The summed E-state index contributed by atoms with van der Waals surface area (Å²) < 4.78 is 0.